The maximum absolute atomic E-state index is 11.0. The average molecular weight is 287 g/mol. The first-order valence-corrected chi connectivity index (χ1v) is 5.25. The summed E-state index contributed by atoms with van der Waals surface area (Å²) in [5.74, 6) is -0.989. The van der Waals surface area contributed by atoms with Gasteiger partial charge < -0.3 is 5.11 Å². The predicted molar refractivity (Wildman–Crippen MR) is 61.4 cm³/mol. The minimum atomic E-state index is -0.989. The first kappa shape index (κ1) is 10.4. The normalized spacial score (nSPS) is 10.5. The van der Waals surface area contributed by atoms with Crippen LogP contribution < -0.4 is 0 Å². The summed E-state index contributed by atoms with van der Waals surface area (Å²) in [4.78, 5) is 15.1. The summed E-state index contributed by atoms with van der Waals surface area (Å²) < 4.78 is 0.534. The van der Waals surface area contributed by atoms with Crippen LogP contribution in [0, 0.1) is 0 Å². The molecule has 1 N–H and O–H groups in total. The topological polar surface area (TPSA) is 50.2 Å². The highest BCUT2D eigenvalue weighted by Crippen LogP contribution is 2.26. The van der Waals surface area contributed by atoms with E-state index in [0.29, 0.717) is 20.5 Å². The van der Waals surface area contributed by atoms with Gasteiger partial charge in [0.2, 0.25) is 0 Å². The Bertz CT molecular complexity index is 556. The molecule has 0 aliphatic rings. The number of fused-ring (bicyclic) bond motifs is 1. The van der Waals surface area contributed by atoms with Gasteiger partial charge in [-0.2, -0.15) is 0 Å². The van der Waals surface area contributed by atoms with Crippen molar-refractivity contribution in [2.45, 2.75) is 0 Å². The number of halogens is 2. The van der Waals surface area contributed by atoms with Gasteiger partial charge in [0, 0.05) is 9.86 Å². The van der Waals surface area contributed by atoms with E-state index in [1.807, 2.05) is 0 Å². The van der Waals surface area contributed by atoms with E-state index in [9.17, 15) is 4.79 Å². The number of carboxylic acids is 1. The molecule has 0 fully saturated rings. The van der Waals surface area contributed by atoms with Crippen LogP contribution in [0.1, 0.15) is 10.4 Å². The third kappa shape index (κ3) is 1.82. The first-order valence-electron chi connectivity index (χ1n) is 4.07. The van der Waals surface area contributed by atoms with Crippen molar-refractivity contribution in [3.05, 3.63) is 39.5 Å². The Morgan fingerprint density at radius 2 is 2.07 bits per heavy atom. The number of aromatic nitrogens is 1. The Morgan fingerprint density at radius 1 is 1.33 bits per heavy atom. The summed E-state index contributed by atoms with van der Waals surface area (Å²) in [6.07, 6.45) is 0. The van der Waals surface area contributed by atoms with Crippen LogP contribution in [-0.4, -0.2) is 16.1 Å². The van der Waals surface area contributed by atoms with Gasteiger partial charge in [0.25, 0.3) is 0 Å². The van der Waals surface area contributed by atoms with Gasteiger partial charge in [-0.3, -0.25) is 0 Å². The van der Waals surface area contributed by atoms with E-state index in [4.69, 9.17) is 16.7 Å². The van der Waals surface area contributed by atoms with Gasteiger partial charge in [-0.1, -0.05) is 11.6 Å². The highest BCUT2D eigenvalue weighted by atomic mass is 79.9. The molecule has 1 aromatic heterocycles. The van der Waals surface area contributed by atoms with Crippen molar-refractivity contribution in [2.24, 2.45) is 0 Å². The predicted octanol–water partition coefficient (Wildman–Crippen LogP) is 3.35. The molecule has 0 saturated heterocycles. The van der Waals surface area contributed by atoms with E-state index in [2.05, 4.69) is 20.9 Å². The van der Waals surface area contributed by atoms with Crippen molar-refractivity contribution >= 4 is 44.4 Å². The summed E-state index contributed by atoms with van der Waals surface area (Å²) in [7, 11) is 0. The molecule has 0 spiro atoms. The van der Waals surface area contributed by atoms with Gasteiger partial charge >= 0.3 is 5.97 Å². The lowest BCUT2D eigenvalue weighted by molar-refractivity contribution is 0.0698. The van der Waals surface area contributed by atoms with E-state index < -0.39 is 5.97 Å². The fraction of sp³-hybridized carbons (Fsp3) is 0. The van der Waals surface area contributed by atoms with Gasteiger partial charge in [0.15, 0.2) is 0 Å². The smallest absolute Gasteiger partial charge is 0.337 e. The van der Waals surface area contributed by atoms with Gasteiger partial charge in [-0.05, 0) is 40.2 Å². The van der Waals surface area contributed by atoms with Gasteiger partial charge in [0.1, 0.15) is 5.15 Å². The second-order valence-corrected chi connectivity index (χ2v) is 4.17. The molecule has 15 heavy (non-hydrogen) atoms. The fourth-order valence-corrected chi connectivity index (χ4v) is 2.04. The number of hydrogen-bond acceptors (Lipinski definition) is 2. The second-order valence-electron chi connectivity index (χ2n) is 2.93. The van der Waals surface area contributed by atoms with E-state index >= 15 is 0 Å². The van der Waals surface area contributed by atoms with Crippen molar-refractivity contribution in [3.63, 3.8) is 0 Å². The molecule has 1 heterocycles. The molecule has 0 aliphatic heterocycles. The molecule has 0 radical (unpaired) electrons. The zero-order valence-electron chi connectivity index (χ0n) is 7.37. The van der Waals surface area contributed by atoms with Crippen molar-refractivity contribution < 1.29 is 9.90 Å². The third-order valence-electron chi connectivity index (χ3n) is 2.00. The molecule has 0 amide bonds. The quantitative estimate of drug-likeness (QED) is 0.818. The number of nitrogens with zero attached hydrogens (tertiary/aromatic N) is 1. The molecular formula is C10H5BrClNO2. The Kier molecular flexibility index (Phi) is 2.63. The summed E-state index contributed by atoms with van der Waals surface area (Å²) in [5.41, 5.74) is 0.778. The largest absolute Gasteiger partial charge is 0.478 e. The number of hydrogen-bond donors (Lipinski definition) is 1. The summed E-state index contributed by atoms with van der Waals surface area (Å²) >= 11 is 8.92. The summed E-state index contributed by atoms with van der Waals surface area (Å²) in [6, 6.07) is 6.59. The number of carbonyl (C=O) groups is 1. The Balaban J connectivity index is 2.88. The van der Waals surface area contributed by atoms with E-state index in [1.54, 1.807) is 24.3 Å². The van der Waals surface area contributed by atoms with Crippen LogP contribution in [0.3, 0.4) is 0 Å². The van der Waals surface area contributed by atoms with E-state index in [-0.39, 0.29) is 5.56 Å². The van der Waals surface area contributed by atoms with Gasteiger partial charge in [0.05, 0.1) is 11.1 Å². The standard InChI is InChI=1S/C10H5BrClNO2/c11-6-2-3-7-5(9(6)10(14)15)1-4-8(12)13-7/h1-4H,(H,14,15). The van der Waals surface area contributed by atoms with Crippen molar-refractivity contribution in [1.29, 1.82) is 0 Å². The molecule has 0 saturated carbocycles. The number of benzene rings is 1. The lowest BCUT2D eigenvalue weighted by Crippen LogP contribution is -1.99. The second kappa shape index (κ2) is 3.79. The molecule has 76 valence electrons. The first-order chi connectivity index (χ1) is 7.09. The number of carboxylic acid groups (broad SMARTS) is 1. The average Bonchev–Trinajstić information content (AvgIpc) is 2.17. The lowest BCUT2D eigenvalue weighted by atomic mass is 10.1. The Morgan fingerprint density at radius 3 is 2.73 bits per heavy atom. The molecule has 3 nitrogen and oxygen atoms in total. The van der Waals surface area contributed by atoms with Crippen LogP contribution in [0.5, 0.6) is 0 Å². The van der Waals surface area contributed by atoms with Crippen molar-refractivity contribution in [1.82, 2.24) is 4.98 Å². The molecule has 5 heteroatoms. The maximum Gasteiger partial charge on any atom is 0.337 e. The molecule has 0 atom stereocenters. The number of pyridine rings is 1. The molecule has 0 aliphatic carbocycles. The third-order valence-corrected chi connectivity index (χ3v) is 2.87. The minimum absolute atomic E-state index is 0.205. The molecule has 1 aromatic carbocycles. The molecule has 0 bridgehead atoms. The van der Waals surface area contributed by atoms with E-state index in [1.165, 1.54) is 0 Å². The molecule has 2 aromatic rings. The van der Waals surface area contributed by atoms with Crippen LogP contribution in [0.2, 0.25) is 5.15 Å². The maximum atomic E-state index is 11.0. The molecule has 2 rings (SSSR count). The monoisotopic (exact) mass is 285 g/mol. The highest BCUT2D eigenvalue weighted by Gasteiger charge is 2.13. The fourth-order valence-electron chi connectivity index (χ4n) is 1.37. The van der Waals surface area contributed by atoms with Crippen LogP contribution in [0.15, 0.2) is 28.7 Å². The highest BCUT2D eigenvalue weighted by molar-refractivity contribution is 9.10. The van der Waals surface area contributed by atoms with Crippen LogP contribution >= 0.6 is 27.5 Å². The molecule has 0 unspecified atom stereocenters. The number of rotatable bonds is 1. The van der Waals surface area contributed by atoms with Gasteiger partial charge in [-0.15, -0.1) is 0 Å². The number of aromatic carboxylic acids is 1. The van der Waals surface area contributed by atoms with Gasteiger partial charge in [-0.25, -0.2) is 9.78 Å². The SMILES string of the molecule is O=C(O)c1c(Br)ccc2nc(Cl)ccc12. The minimum Gasteiger partial charge on any atom is -0.478 e. The van der Waals surface area contributed by atoms with Crippen LogP contribution in [0.4, 0.5) is 0 Å². The van der Waals surface area contributed by atoms with E-state index in [0.717, 1.165) is 0 Å². The Labute approximate surface area is 98.8 Å². The summed E-state index contributed by atoms with van der Waals surface area (Å²) in [6.45, 7) is 0. The molecular weight excluding hydrogens is 281 g/mol. The Hall–Kier alpha value is -1.13. The zero-order chi connectivity index (χ0) is 11.0. The zero-order valence-corrected chi connectivity index (χ0v) is 9.71. The lowest BCUT2D eigenvalue weighted by Gasteiger charge is -2.04. The van der Waals surface area contributed by atoms with Crippen LogP contribution in [-0.2, 0) is 0 Å². The van der Waals surface area contributed by atoms with Crippen molar-refractivity contribution in [3.8, 4) is 0 Å². The van der Waals surface area contributed by atoms with Crippen LogP contribution in [0.25, 0.3) is 10.9 Å². The van der Waals surface area contributed by atoms with Crippen molar-refractivity contribution in [2.75, 3.05) is 0 Å². The summed E-state index contributed by atoms with van der Waals surface area (Å²) in [5, 5.41) is 9.96.